The van der Waals surface area contributed by atoms with Crippen LogP contribution in [0, 0.1) is 11.7 Å². The minimum Gasteiger partial charge on any atom is -0.324 e. The molecule has 1 saturated carbocycles. The van der Waals surface area contributed by atoms with Crippen molar-refractivity contribution in [1.29, 1.82) is 0 Å². The fraction of sp³-hybridized carbons (Fsp3) is 0.533. The summed E-state index contributed by atoms with van der Waals surface area (Å²) in [4.78, 5) is 4.51. The number of benzene rings is 1. The van der Waals surface area contributed by atoms with Crippen molar-refractivity contribution in [3.05, 3.63) is 28.8 Å². The maximum absolute atomic E-state index is 13.8. The predicted octanol–water partition coefficient (Wildman–Crippen LogP) is 5.32. The number of fused-ring (bicyclic) bond motifs is 1. The Hall–Kier alpha value is -0.800. The number of imidazole rings is 1. The van der Waals surface area contributed by atoms with Crippen molar-refractivity contribution < 1.29 is 4.39 Å². The van der Waals surface area contributed by atoms with Crippen LogP contribution in [-0.4, -0.2) is 9.55 Å². The Labute approximate surface area is 127 Å². The monoisotopic (exact) mass is 314 g/mol. The second-order valence-corrected chi connectivity index (χ2v) is 6.39. The molecule has 1 aliphatic rings. The second-order valence-electron chi connectivity index (χ2n) is 5.71. The molecule has 20 heavy (non-hydrogen) atoms. The molecule has 1 aromatic heterocycles. The highest BCUT2D eigenvalue weighted by Crippen LogP contribution is 2.36. The minimum atomic E-state index is -0.398. The topological polar surface area (TPSA) is 17.8 Å². The van der Waals surface area contributed by atoms with E-state index in [1.165, 1.54) is 18.9 Å². The van der Waals surface area contributed by atoms with Gasteiger partial charge in [-0.05, 0) is 24.8 Å². The van der Waals surface area contributed by atoms with Gasteiger partial charge in [0.1, 0.15) is 11.6 Å². The lowest BCUT2D eigenvalue weighted by Crippen LogP contribution is -2.19. The fourth-order valence-corrected chi connectivity index (χ4v) is 3.63. The molecule has 0 spiro atoms. The third-order valence-corrected chi connectivity index (χ3v) is 4.73. The van der Waals surface area contributed by atoms with Gasteiger partial charge in [-0.2, -0.15) is 0 Å². The molecule has 2 atom stereocenters. The normalized spacial score (nSPS) is 23.4. The van der Waals surface area contributed by atoms with Crippen LogP contribution in [0.1, 0.15) is 44.5 Å². The van der Waals surface area contributed by atoms with Gasteiger partial charge >= 0.3 is 0 Å². The van der Waals surface area contributed by atoms with Crippen LogP contribution in [0.3, 0.4) is 0 Å². The lowest BCUT2D eigenvalue weighted by molar-refractivity contribution is 0.283. The van der Waals surface area contributed by atoms with Gasteiger partial charge in [-0.3, -0.25) is 0 Å². The highest BCUT2D eigenvalue weighted by Gasteiger charge is 2.24. The van der Waals surface area contributed by atoms with Gasteiger partial charge in [0, 0.05) is 12.1 Å². The molecule has 2 unspecified atom stereocenters. The first kappa shape index (κ1) is 14.2. The molecule has 0 amide bonds. The van der Waals surface area contributed by atoms with E-state index in [1.54, 1.807) is 6.07 Å². The maximum Gasteiger partial charge on any atom is 0.144 e. The molecule has 0 radical (unpaired) electrons. The largest absolute Gasteiger partial charge is 0.324 e. The van der Waals surface area contributed by atoms with Gasteiger partial charge in [0.25, 0.3) is 0 Å². The smallest absolute Gasteiger partial charge is 0.144 e. The van der Waals surface area contributed by atoms with Crippen LogP contribution < -0.4 is 0 Å². The summed E-state index contributed by atoms with van der Waals surface area (Å²) in [6.07, 6.45) is 4.66. The van der Waals surface area contributed by atoms with E-state index in [1.807, 2.05) is 0 Å². The molecule has 108 valence electrons. The first-order valence-electron chi connectivity index (χ1n) is 7.02. The lowest BCUT2D eigenvalue weighted by Gasteiger charge is -2.29. The third kappa shape index (κ3) is 2.42. The Morgan fingerprint density at radius 3 is 2.90 bits per heavy atom. The van der Waals surface area contributed by atoms with Gasteiger partial charge in [-0.25, -0.2) is 9.37 Å². The summed E-state index contributed by atoms with van der Waals surface area (Å²) in [6.45, 7) is 2.27. The van der Waals surface area contributed by atoms with Crippen molar-refractivity contribution >= 4 is 34.2 Å². The zero-order valence-corrected chi connectivity index (χ0v) is 12.9. The number of hydrogen-bond donors (Lipinski definition) is 0. The van der Waals surface area contributed by atoms with Gasteiger partial charge in [0.2, 0.25) is 0 Å². The summed E-state index contributed by atoms with van der Waals surface area (Å²) in [5.74, 6) is 1.43. The Morgan fingerprint density at radius 1 is 1.40 bits per heavy atom. The van der Waals surface area contributed by atoms with Crippen LogP contribution in [0.2, 0.25) is 5.02 Å². The van der Waals surface area contributed by atoms with Gasteiger partial charge < -0.3 is 4.57 Å². The van der Waals surface area contributed by atoms with Crippen molar-refractivity contribution in [2.75, 3.05) is 0 Å². The van der Waals surface area contributed by atoms with E-state index in [0.717, 1.165) is 29.7 Å². The molecule has 1 fully saturated rings. The first-order valence-corrected chi connectivity index (χ1v) is 7.93. The average Bonchev–Trinajstić information content (AvgIpc) is 2.77. The predicted molar refractivity (Wildman–Crippen MR) is 80.9 cm³/mol. The SMILES string of the molecule is CC1CCCC(n2c(CCl)nc3cc(Cl)c(F)cc32)C1. The van der Waals surface area contributed by atoms with Crippen molar-refractivity contribution in [2.45, 2.75) is 44.5 Å². The van der Waals surface area contributed by atoms with Gasteiger partial charge in [-0.1, -0.05) is 31.4 Å². The molecule has 0 saturated heterocycles. The second kappa shape index (κ2) is 5.53. The van der Waals surface area contributed by atoms with E-state index in [-0.39, 0.29) is 5.02 Å². The van der Waals surface area contributed by atoms with Crippen LogP contribution in [0.25, 0.3) is 11.0 Å². The average molecular weight is 315 g/mol. The van der Waals surface area contributed by atoms with Gasteiger partial charge in [0.05, 0.1) is 21.9 Å². The molecule has 3 rings (SSSR count). The zero-order valence-electron chi connectivity index (χ0n) is 11.4. The van der Waals surface area contributed by atoms with E-state index < -0.39 is 5.82 Å². The summed E-state index contributed by atoms with van der Waals surface area (Å²) >= 11 is 11.9. The number of halogens is 3. The first-order chi connectivity index (χ1) is 9.60. The van der Waals surface area contributed by atoms with Crippen LogP contribution >= 0.6 is 23.2 Å². The van der Waals surface area contributed by atoms with E-state index in [9.17, 15) is 4.39 Å². The summed E-state index contributed by atoms with van der Waals surface area (Å²) in [7, 11) is 0. The van der Waals surface area contributed by atoms with E-state index >= 15 is 0 Å². The fourth-order valence-electron chi connectivity index (χ4n) is 3.28. The van der Waals surface area contributed by atoms with Gasteiger partial charge in [0.15, 0.2) is 0 Å². The van der Waals surface area contributed by atoms with Crippen LogP contribution in [-0.2, 0) is 5.88 Å². The Bertz CT molecular complexity index is 638. The molecule has 2 nitrogen and oxygen atoms in total. The standard InChI is InChI=1S/C15H17Cl2FN2/c1-9-3-2-4-10(5-9)20-14-7-12(18)11(17)6-13(14)19-15(20)8-16/h6-7,9-10H,2-5,8H2,1H3. The van der Waals surface area contributed by atoms with E-state index in [0.29, 0.717) is 17.8 Å². The van der Waals surface area contributed by atoms with Crippen LogP contribution in [0.15, 0.2) is 12.1 Å². The Morgan fingerprint density at radius 2 is 2.20 bits per heavy atom. The summed E-state index contributed by atoms with van der Waals surface area (Å²) < 4.78 is 15.9. The molecule has 2 aromatic rings. The quantitative estimate of drug-likeness (QED) is 0.686. The molecule has 1 aliphatic carbocycles. The number of hydrogen-bond acceptors (Lipinski definition) is 1. The van der Waals surface area contributed by atoms with Crippen molar-refractivity contribution in [3.8, 4) is 0 Å². The van der Waals surface area contributed by atoms with E-state index in [4.69, 9.17) is 23.2 Å². The molecular formula is C15H17Cl2FN2. The molecule has 1 heterocycles. The number of nitrogens with zero attached hydrogens (tertiary/aromatic N) is 2. The molecule has 0 bridgehead atoms. The van der Waals surface area contributed by atoms with Crippen LogP contribution in [0.4, 0.5) is 4.39 Å². The van der Waals surface area contributed by atoms with Crippen molar-refractivity contribution in [3.63, 3.8) is 0 Å². The van der Waals surface area contributed by atoms with Crippen LogP contribution in [0.5, 0.6) is 0 Å². The van der Waals surface area contributed by atoms with E-state index in [2.05, 4.69) is 16.5 Å². The number of aromatic nitrogens is 2. The summed E-state index contributed by atoms with van der Waals surface area (Å²) in [6, 6.07) is 3.43. The summed E-state index contributed by atoms with van der Waals surface area (Å²) in [5, 5.41) is 0.111. The molecule has 1 aromatic carbocycles. The number of rotatable bonds is 2. The highest BCUT2D eigenvalue weighted by atomic mass is 35.5. The molecule has 0 N–H and O–H groups in total. The molecular weight excluding hydrogens is 298 g/mol. The van der Waals surface area contributed by atoms with Crippen molar-refractivity contribution in [2.24, 2.45) is 5.92 Å². The Kier molecular flexibility index (Phi) is 3.91. The lowest BCUT2D eigenvalue weighted by atomic mass is 9.87. The molecule has 0 aliphatic heterocycles. The van der Waals surface area contributed by atoms with Crippen molar-refractivity contribution in [1.82, 2.24) is 9.55 Å². The van der Waals surface area contributed by atoms with Gasteiger partial charge in [-0.15, -0.1) is 11.6 Å². The number of alkyl halides is 1. The molecule has 5 heteroatoms. The summed E-state index contributed by atoms with van der Waals surface area (Å²) in [5.41, 5.74) is 1.53. The maximum atomic E-state index is 13.8. The highest BCUT2D eigenvalue weighted by molar-refractivity contribution is 6.31. The zero-order chi connectivity index (χ0) is 14.3. The third-order valence-electron chi connectivity index (χ3n) is 4.20. The Balaban J connectivity index is 2.14. The minimum absolute atomic E-state index is 0.111.